The summed E-state index contributed by atoms with van der Waals surface area (Å²) in [5.74, 6) is 1.27. The van der Waals surface area contributed by atoms with Crippen molar-refractivity contribution in [1.82, 2.24) is 20.0 Å². The molecule has 1 spiro atoms. The first kappa shape index (κ1) is 22.2. The van der Waals surface area contributed by atoms with Crippen LogP contribution >= 0.6 is 0 Å². The molecule has 4 aliphatic heterocycles. The van der Waals surface area contributed by atoms with Gasteiger partial charge in [-0.15, -0.1) is 0 Å². The second kappa shape index (κ2) is 8.96. The van der Waals surface area contributed by atoms with Crippen LogP contribution in [0.4, 0.5) is 4.79 Å². The number of fused-ring (bicyclic) bond motifs is 2. The molecule has 6 heteroatoms. The van der Waals surface area contributed by atoms with E-state index in [0.717, 1.165) is 32.5 Å². The number of carbonyl (C=O) groups excluding carboxylic acids is 1. The van der Waals surface area contributed by atoms with E-state index in [2.05, 4.69) is 59.3 Å². The Labute approximate surface area is 193 Å². The zero-order chi connectivity index (χ0) is 22.3. The third-order valence-electron chi connectivity index (χ3n) is 8.57. The lowest BCUT2D eigenvalue weighted by molar-refractivity contribution is 0.00956. The third kappa shape index (κ3) is 3.84. The van der Waals surface area contributed by atoms with Crippen LogP contribution in [0.5, 0.6) is 0 Å². The van der Waals surface area contributed by atoms with E-state index in [9.17, 15) is 4.79 Å². The van der Waals surface area contributed by atoms with Crippen molar-refractivity contribution in [3.63, 3.8) is 0 Å². The van der Waals surface area contributed by atoms with E-state index in [1.807, 2.05) is 4.90 Å². The van der Waals surface area contributed by atoms with Crippen molar-refractivity contribution in [1.29, 1.82) is 0 Å². The maximum absolute atomic E-state index is 13.3. The Kier molecular flexibility index (Phi) is 6.21. The summed E-state index contributed by atoms with van der Waals surface area (Å²) in [7, 11) is 1.72. The lowest BCUT2D eigenvalue weighted by atomic mass is 9.80. The highest BCUT2D eigenvalue weighted by atomic mass is 16.5. The molecule has 32 heavy (non-hydrogen) atoms. The highest BCUT2D eigenvalue weighted by Gasteiger charge is 2.57. The SMILES string of the molecule is COCCN1CC2(CC3CCC(C2)N3C[C@H]2CNC[C@@H]2c2ccccc2)N(C(C)C)C1=O. The molecule has 4 atom stereocenters. The minimum absolute atomic E-state index is 0.00587. The number of piperidine rings is 1. The van der Waals surface area contributed by atoms with E-state index in [1.54, 1.807) is 7.11 Å². The molecule has 6 nitrogen and oxygen atoms in total. The van der Waals surface area contributed by atoms with Crippen molar-refractivity contribution in [3.05, 3.63) is 35.9 Å². The van der Waals surface area contributed by atoms with Crippen molar-refractivity contribution in [3.8, 4) is 0 Å². The quantitative estimate of drug-likeness (QED) is 0.708. The Hall–Kier alpha value is -1.63. The smallest absolute Gasteiger partial charge is 0.320 e. The number of benzene rings is 1. The van der Waals surface area contributed by atoms with Gasteiger partial charge in [-0.1, -0.05) is 30.3 Å². The van der Waals surface area contributed by atoms with E-state index in [4.69, 9.17) is 4.74 Å². The van der Waals surface area contributed by atoms with Gasteiger partial charge in [0.05, 0.1) is 12.1 Å². The second-order valence-corrected chi connectivity index (χ2v) is 10.8. The lowest BCUT2D eigenvalue weighted by Crippen LogP contribution is -2.60. The Morgan fingerprint density at radius 1 is 1.12 bits per heavy atom. The second-order valence-electron chi connectivity index (χ2n) is 10.8. The van der Waals surface area contributed by atoms with Gasteiger partial charge in [-0.25, -0.2) is 4.79 Å². The average molecular weight is 441 g/mol. The molecule has 4 saturated heterocycles. The topological polar surface area (TPSA) is 48.1 Å². The third-order valence-corrected chi connectivity index (χ3v) is 8.57. The zero-order valence-electron chi connectivity index (χ0n) is 20.0. The van der Waals surface area contributed by atoms with Crippen LogP contribution in [-0.4, -0.2) is 90.8 Å². The van der Waals surface area contributed by atoms with Crippen LogP contribution in [-0.2, 0) is 4.74 Å². The molecule has 0 aromatic heterocycles. The van der Waals surface area contributed by atoms with Crippen LogP contribution < -0.4 is 5.32 Å². The molecule has 0 radical (unpaired) electrons. The van der Waals surface area contributed by atoms with Gasteiger partial charge in [0.1, 0.15) is 0 Å². The lowest BCUT2D eigenvalue weighted by Gasteiger charge is -2.50. The van der Waals surface area contributed by atoms with Crippen LogP contribution in [0.3, 0.4) is 0 Å². The molecule has 4 heterocycles. The number of carbonyl (C=O) groups is 1. The molecule has 1 aromatic carbocycles. The number of hydrogen-bond acceptors (Lipinski definition) is 4. The maximum Gasteiger partial charge on any atom is 0.320 e. The van der Waals surface area contributed by atoms with Crippen molar-refractivity contribution >= 4 is 6.03 Å². The maximum atomic E-state index is 13.3. The Bertz CT molecular complexity index is 786. The number of amides is 2. The fourth-order valence-corrected chi connectivity index (χ4v) is 7.32. The first-order valence-corrected chi connectivity index (χ1v) is 12.6. The first-order chi connectivity index (χ1) is 15.5. The summed E-state index contributed by atoms with van der Waals surface area (Å²) in [5.41, 5.74) is 1.47. The van der Waals surface area contributed by atoms with E-state index in [1.165, 1.54) is 24.9 Å². The van der Waals surface area contributed by atoms with Gasteiger partial charge >= 0.3 is 6.03 Å². The van der Waals surface area contributed by atoms with Gasteiger partial charge in [-0.3, -0.25) is 4.90 Å². The fraction of sp³-hybridized carbons (Fsp3) is 0.731. The monoisotopic (exact) mass is 440 g/mol. The summed E-state index contributed by atoms with van der Waals surface area (Å²) in [6.07, 6.45) is 4.79. The van der Waals surface area contributed by atoms with Gasteiger partial charge in [0.15, 0.2) is 0 Å². The molecule has 2 unspecified atom stereocenters. The summed E-state index contributed by atoms with van der Waals surface area (Å²) in [4.78, 5) is 20.4. The molecule has 0 saturated carbocycles. The number of nitrogens with one attached hydrogen (secondary N) is 1. The van der Waals surface area contributed by atoms with Crippen molar-refractivity contribution < 1.29 is 9.53 Å². The van der Waals surface area contributed by atoms with Gasteiger partial charge < -0.3 is 19.9 Å². The number of rotatable bonds is 7. The first-order valence-electron chi connectivity index (χ1n) is 12.6. The average Bonchev–Trinajstić information content (AvgIpc) is 3.42. The minimum Gasteiger partial charge on any atom is -0.383 e. The number of nitrogens with zero attached hydrogens (tertiary/aromatic N) is 3. The van der Waals surface area contributed by atoms with Gasteiger partial charge in [-0.2, -0.15) is 0 Å². The van der Waals surface area contributed by atoms with Crippen LogP contribution in [0.1, 0.15) is 51.0 Å². The van der Waals surface area contributed by atoms with Crippen LogP contribution in [0.25, 0.3) is 0 Å². The molecule has 0 aliphatic carbocycles. The van der Waals surface area contributed by atoms with Crippen LogP contribution in [0.2, 0.25) is 0 Å². The van der Waals surface area contributed by atoms with Gasteiger partial charge in [-0.05, 0) is 57.6 Å². The van der Waals surface area contributed by atoms with Gasteiger partial charge in [0.2, 0.25) is 0 Å². The molecule has 5 rings (SSSR count). The molecule has 1 aromatic rings. The van der Waals surface area contributed by atoms with Gasteiger partial charge in [0.25, 0.3) is 0 Å². The van der Waals surface area contributed by atoms with E-state index in [0.29, 0.717) is 37.1 Å². The Balaban J connectivity index is 1.31. The standard InChI is InChI=1S/C26H40N4O2/c1-19(2)30-25(31)28(11-12-32-3)18-26(30)13-22-9-10-23(14-26)29(22)17-21-15-27-16-24(21)20-7-5-4-6-8-20/h4-8,19,21-24,27H,9-18H2,1-3H3/t21-,22?,23?,24-,26?/m1/s1. The number of methoxy groups -OCH3 is 1. The molecule has 4 fully saturated rings. The largest absolute Gasteiger partial charge is 0.383 e. The van der Waals surface area contributed by atoms with Crippen LogP contribution in [0, 0.1) is 5.92 Å². The summed E-state index contributed by atoms with van der Waals surface area (Å²) in [6, 6.07) is 12.7. The predicted molar refractivity (Wildman–Crippen MR) is 127 cm³/mol. The number of ether oxygens (including phenoxy) is 1. The summed E-state index contributed by atoms with van der Waals surface area (Å²) < 4.78 is 5.29. The normalized spacial score (nSPS) is 35.1. The molecule has 176 valence electrons. The Morgan fingerprint density at radius 2 is 1.84 bits per heavy atom. The highest BCUT2D eigenvalue weighted by molar-refractivity contribution is 5.78. The molecule has 2 amide bonds. The number of urea groups is 1. The van der Waals surface area contributed by atoms with Crippen molar-refractivity contribution in [2.75, 3.05) is 46.4 Å². The molecular weight excluding hydrogens is 400 g/mol. The summed E-state index contributed by atoms with van der Waals surface area (Å²) >= 11 is 0. The minimum atomic E-state index is -0.00587. The van der Waals surface area contributed by atoms with Gasteiger partial charge in [0, 0.05) is 57.3 Å². The van der Waals surface area contributed by atoms with E-state index >= 15 is 0 Å². The summed E-state index contributed by atoms with van der Waals surface area (Å²) in [6.45, 7) is 9.93. The predicted octanol–water partition coefficient (Wildman–Crippen LogP) is 3.15. The number of hydrogen-bond donors (Lipinski definition) is 1. The molecule has 4 aliphatic rings. The zero-order valence-corrected chi connectivity index (χ0v) is 20.0. The molecule has 1 N–H and O–H groups in total. The van der Waals surface area contributed by atoms with Crippen molar-refractivity contribution in [2.24, 2.45) is 5.92 Å². The van der Waals surface area contributed by atoms with E-state index < -0.39 is 0 Å². The molecular formula is C26H40N4O2. The highest BCUT2D eigenvalue weighted by Crippen LogP contribution is 2.48. The fourth-order valence-electron chi connectivity index (χ4n) is 7.32. The Morgan fingerprint density at radius 3 is 2.50 bits per heavy atom. The molecule has 2 bridgehead atoms. The van der Waals surface area contributed by atoms with Crippen molar-refractivity contribution in [2.45, 2.75) is 69.1 Å². The summed E-state index contributed by atoms with van der Waals surface area (Å²) in [5, 5.41) is 3.66. The van der Waals surface area contributed by atoms with E-state index in [-0.39, 0.29) is 17.6 Å². The van der Waals surface area contributed by atoms with Crippen LogP contribution in [0.15, 0.2) is 30.3 Å².